The van der Waals surface area contributed by atoms with E-state index in [1.165, 1.54) is 18.7 Å². The van der Waals surface area contributed by atoms with Gasteiger partial charge < -0.3 is 15.1 Å². The van der Waals surface area contributed by atoms with Gasteiger partial charge in [0, 0.05) is 45.8 Å². The number of piperazine rings is 1. The van der Waals surface area contributed by atoms with Crippen LogP contribution in [0.5, 0.6) is 0 Å². The van der Waals surface area contributed by atoms with Gasteiger partial charge in [0.15, 0.2) is 0 Å². The predicted octanol–water partition coefficient (Wildman–Crippen LogP) is 0.917. The van der Waals surface area contributed by atoms with Crippen molar-refractivity contribution in [2.45, 2.75) is 13.3 Å². The van der Waals surface area contributed by atoms with Crippen LogP contribution in [0.25, 0.3) is 0 Å². The molecule has 6 heteroatoms. The fourth-order valence-corrected chi connectivity index (χ4v) is 2.57. The third kappa shape index (κ3) is 4.85. The van der Waals surface area contributed by atoms with Gasteiger partial charge in [-0.2, -0.15) is 5.26 Å². The number of nitriles is 1. The Labute approximate surface area is 142 Å². The van der Waals surface area contributed by atoms with Gasteiger partial charge in [0.25, 0.3) is 5.91 Å². The van der Waals surface area contributed by atoms with Crippen molar-refractivity contribution in [1.82, 2.24) is 15.1 Å². The van der Waals surface area contributed by atoms with Crippen LogP contribution in [-0.2, 0) is 16.0 Å². The standard InChI is InChI=1S/C18H22N4O2/c1-15(23)21-9-11-22(12-10-21)18(24)17(13-19)14-20-8-7-16-5-3-2-4-6-16/h2-6,14,20H,7-12H2,1H3/b17-14-. The summed E-state index contributed by atoms with van der Waals surface area (Å²) in [6.07, 6.45) is 2.31. The molecule has 0 atom stereocenters. The second-order valence-electron chi connectivity index (χ2n) is 5.66. The lowest BCUT2D eigenvalue weighted by atomic mass is 10.1. The van der Waals surface area contributed by atoms with E-state index in [1.54, 1.807) is 9.80 Å². The van der Waals surface area contributed by atoms with Crippen LogP contribution in [0.3, 0.4) is 0 Å². The van der Waals surface area contributed by atoms with E-state index >= 15 is 0 Å². The molecule has 1 N–H and O–H groups in total. The van der Waals surface area contributed by atoms with Crippen LogP contribution in [-0.4, -0.2) is 54.3 Å². The smallest absolute Gasteiger partial charge is 0.266 e. The van der Waals surface area contributed by atoms with Crippen molar-refractivity contribution in [3.63, 3.8) is 0 Å². The Morgan fingerprint density at radius 2 is 1.79 bits per heavy atom. The Morgan fingerprint density at radius 3 is 2.38 bits per heavy atom. The molecular formula is C18H22N4O2. The zero-order valence-corrected chi connectivity index (χ0v) is 13.9. The van der Waals surface area contributed by atoms with Crippen LogP contribution in [0.15, 0.2) is 42.1 Å². The molecule has 6 nitrogen and oxygen atoms in total. The first-order chi connectivity index (χ1) is 11.6. The van der Waals surface area contributed by atoms with E-state index in [9.17, 15) is 14.9 Å². The van der Waals surface area contributed by atoms with Crippen molar-refractivity contribution in [2.75, 3.05) is 32.7 Å². The first-order valence-electron chi connectivity index (χ1n) is 8.04. The van der Waals surface area contributed by atoms with Crippen molar-refractivity contribution in [3.8, 4) is 6.07 Å². The molecule has 0 radical (unpaired) electrons. The Bertz CT molecular complexity index is 641. The lowest BCUT2D eigenvalue weighted by Crippen LogP contribution is -2.50. The minimum Gasteiger partial charge on any atom is -0.389 e. The normalized spacial score (nSPS) is 14.9. The Morgan fingerprint density at radius 1 is 1.17 bits per heavy atom. The summed E-state index contributed by atoms with van der Waals surface area (Å²) in [6, 6.07) is 12.0. The average Bonchev–Trinajstić information content (AvgIpc) is 2.62. The second kappa shape index (κ2) is 8.73. The van der Waals surface area contributed by atoms with Gasteiger partial charge in [-0.15, -0.1) is 0 Å². The SMILES string of the molecule is CC(=O)N1CCN(C(=O)/C(C#N)=C\NCCc2ccccc2)CC1. The molecule has 2 rings (SSSR count). The minimum absolute atomic E-state index is 0.0146. The van der Waals surface area contributed by atoms with E-state index in [2.05, 4.69) is 5.32 Å². The average molecular weight is 326 g/mol. The third-order valence-electron chi connectivity index (χ3n) is 4.01. The van der Waals surface area contributed by atoms with Crippen molar-refractivity contribution in [2.24, 2.45) is 0 Å². The maximum absolute atomic E-state index is 12.4. The van der Waals surface area contributed by atoms with E-state index < -0.39 is 0 Å². The molecule has 0 aromatic heterocycles. The van der Waals surface area contributed by atoms with Crippen LogP contribution in [0, 0.1) is 11.3 Å². The highest BCUT2D eigenvalue weighted by Crippen LogP contribution is 2.07. The lowest BCUT2D eigenvalue weighted by molar-refractivity contribution is -0.136. The summed E-state index contributed by atoms with van der Waals surface area (Å²) >= 11 is 0. The van der Waals surface area contributed by atoms with E-state index in [4.69, 9.17) is 0 Å². The van der Waals surface area contributed by atoms with Crippen molar-refractivity contribution in [3.05, 3.63) is 47.7 Å². The van der Waals surface area contributed by atoms with Gasteiger partial charge in [-0.25, -0.2) is 0 Å². The molecule has 0 unspecified atom stereocenters. The Kier molecular flexibility index (Phi) is 6.38. The fourth-order valence-electron chi connectivity index (χ4n) is 2.57. The highest BCUT2D eigenvalue weighted by atomic mass is 16.2. The summed E-state index contributed by atoms with van der Waals surface area (Å²) in [4.78, 5) is 27.0. The Hall–Kier alpha value is -2.81. The van der Waals surface area contributed by atoms with Crippen LogP contribution >= 0.6 is 0 Å². The first kappa shape index (κ1) is 17.5. The quantitative estimate of drug-likeness (QED) is 0.496. The van der Waals surface area contributed by atoms with Gasteiger partial charge in [-0.3, -0.25) is 9.59 Å². The molecule has 126 valence electrons. The largest absolute Gasteiger partial charge is 0.389 e. The Balaban J connectivity index is 1.83. The van der Waals surface area contributed by atoms with Crippen LogP contribution in [0.2, 0.25) is 0 Å². The number of nitrogens with one attached hydrogen (secondary N) is 1. The monoisotopic (exact) mass is 326 g/mol. The molecule has 0 aliphatic carbocycles. The number of hydrogen-bond donors (Lipinski definition) is 1. The molecule has 1 heterocycles. The highest BCUT2D eigenvalue weighted by molar-refractivity contribution is 5.97. The van der Waals surface area contributed by atoms with Gasteiger partial charge in [-0.1, -0.05) is 30.3 Å². The molecule has 1 aromatic carbocycles. The van der Waals surface area contributed by atoms with E-state index in [1.807, 2.05) is 36.4 Å². The van der Waals surface area contributed by atoms with Crippen molar-refractivity contribution in [1.29, 1.82) is 5.26 Å². The van der Waals surface area contributed by atoms with Crippen LogP contribution in [0.4, 0.5) is 0 Å². The maximum Gasteiger partial charge on any atom is 0.266 e. The number of carbonyl (C=O) groups excluding carboxylic acids is 2. The molecule has 2 amide bonds. The molecule has 0 saturated carbocycles. The maximum atomic E-state index is 12.4. The van der Waals surface area contributed by atoms with E-state index in [0.717, 1.165) is 6.42 Å². The van der Waals surface area contributed by atoms with Crippen molar-refractivity contribution >= 4 is 11.8 Å². The number of carbonyl (C=O) groups is 2. The third-order valence-corrected chi connectivity index (χ3v) is 4.01. The topological polar surface area (TPSA) is 76.4 Å². The number of rotatable bonds is 5. The number of nitrogens with zero attached hydrogens (tertiary/aromatic N) is 3. The fraction of sp³-hybridized carbons (Fsp3) is 0.389. The molecular weight excluding hydrogens is 304 g/mol. The van der Waals surface area contributed by atoms with Gasteiger partial charge in [-0.05, 0) is 12.0 Å². The summed E-state index contributed by atoms with van der Waals surface area (Å²) in [5, 5.41) is 12.2. The first-order valence-corrected chi connectivity index (χ1v) is 8.04. The number of hydrogen-bond acceptors (Lipinski definition) is 4. The molecule has 1 aliphatic rings. The van der Waals surface area contributed by atoms with Gasteiger partial charge in [0.05, 0.1) is 0 Å². The van der Waals surface area contributed by atoms with E-state index in [-0.39, 0.29) is 17.4 Å². The van der Waals surface area contributed by atoms with Gasteiger partial charge in [0.1, 0.15) is 11.6 Å². The summed E-state index contributed by atoms with van der Waals surface area (Å²) in [5.74, 6) is -0.270. The molecule has 1 fully saturated rings. The summed E-state index contributed by atoms with van der Waals surface area (Å²) < 4.78 is 0. The second-order valence-corrected chi connectivity index (χ2v) is 5.66. The number of amides is 2. The van der Waals surface area contributed by atoms with Gasteiger partial charge in [0.2, 0.25) is 5.91 Å². The summed E-state index contributed by atoms with van der Waals surface area (Å²) in [5.41, 5.74) is 1.29. The number of benzene rings is 1. The zero-order valence-electron chi connectivity index (χ0n) is 13.9. The van der Waals surface area contributed by atoms with Crippen LogP contribution in [0.1, 0.15) is 12.5 Å². The zero-order chi connectivity index (χ0) is 17.4. The molecule has 0 bridgehead atoms. The van der Waals surface area contributed by atoms with Gasteiger partial charge >= 0.3 is 0 Å². The predicted molar refractivity (Wildman–Crippen MR) is 90.7 cm³/mol. The highest BCUT2D eigenvalue weighted by Gasteiger charge is 2.24. The lowest BCUT2D eigenvalue weighted by Gasteiger charge is -2.34. The summed E-state index contributed by atoms with van der Waals surface area (Å²) in [6.45, 7) is 4.13. The van der Waals surface area contributed by atoms with Crippen LogP contribution < -0.4 is 5.32 Å². The molecule has 1 aliphatic heterocycles. The minimum atomic E-state index is -0.284. The molecule has 1 saturated heterocycles. The molecule has 1 aromatic rings. The van der Waals surface area contributed by atoms with E-state index in [0.29, 0.717) is 32.7 Å². The molecule has 24 heavy (non-hydrogen) atoms. The van der Waals surface area contributed by atoms with Crippen molar-refractivity contribution < 1.29 is 9.59 Å². The summed E-state index contributed by atoms with van der Waals surface area (Å²) in [7, 11) is 0. The molecule has 0 spiro atoms.